The van der Waals surface area contributed by atoms with E-state index in [9.17, 15) is 5.11 Å². The Kier molecular flexibility index (Phi) is 7.58. The van der Waals surface area contributed by atoms with Gasteiger partial charge in [-0.2, -0.15) is 0 Å². The van der Waals surface area contributed by atoms with E-state index in [0.29, 0.717) is 19.8 Å². The van der Waals surface area contributed by atoms with Crippen LogP contribution in [0, 0.1) is 0 Å². The lowest BCUT2D eigenvalue weighted by Crippen LogP contribution is -2.36. The van der Waals surface area contributed by atoms with Gasteiger partial charge in [0.25, 0.3) is 0 Å². The van der Waals surface area contributed by atoms with E-state index in [-0.39, 0.29) is 19.3 Å². The van der Waals surface area contributed by atoms with Crippen molar-refractivity contribution < 1.29 is 14.9 Å². The van der Waals surface area contributed by atoms with Gasteiger partial charge in [0.2, 0.25) is 0 Å². The molecule has 0 radical (unpaired) electrons. The first-order valence-corrected chi connectivity index (χ1v) is 5.93. The fourth-order valence-corrected chi connectivity index (χ4v) is 1.60. The van der Waals surface area contributed by atoms with Gasteiger partial charge >= 0.3 is 0 Å². The zero-order chi connectivity index (χ0) is 12.3. The molecule has 1 atom stereocenters. The molecule has 3 N–H and O–H groups in total. The molecular formula is C13H21NO3. The van der Waals surface area contributed by atoms with Crippen LogP contribution in [0.4, 0.5) is 0 Å². The zero-order valence-electron chi connectivity index (χ0n) is 10.0. The van der Waals surface area contributed by atoms with E-state index >= 15 is 0 Å². The van der Waals surface area contributed by atoms with Crippen molar-refractivity contribution in [2.75, 3.05) is 33.0 Å². The maximum Gasteiger partial charge on any atom is 0.0698 e. The topological polar surface area (TPSA) is 61.7 Å². The average molecular weight is 239 g/mol. The summed E-state index contributed by atoms with van der Waals surface area (Å²) >= 11 is 0. The third kappa shape index (κ3) is 6.38. The van der Waals surface area contributed by atoms with Crippen LogP contribution in [-0.4, -0.2) is 49.2 Å². The van der Waals surface area contributed by atoms with E-state index in [4.69, 9.17) is 9.84 Å². The van der Waals surface area contributed by atoms with Gasteiger partial charge in [0.1, 0.15) is 0 Å². The van der Waals surface area contributed by atoms with E-state index in [2.05, 4.69) is 5.32 Å². The summed E-state index contributed by atoms with van der Waals surface area (Å²) in [7, 11) is 0. The standard InChI is InChI=1S/C13H21NO3/c15-7-9-17-8-6-14-13(11-16)10-12-4-2-1-3-5-12/h1-5,13-16H,6-11H2. The summed E-state index contributed by atoms with van der Waals surface area (Å²) in [5.74, 6) is 0. The third-order valence-corrected chi connectivity index (χ3v) is 2.46. The Bertz CT molecular complexity index is 279. The van der Waals surface area contributed by atoms with E-state index < -0.39 is 0 Å². The Morgan fingerprint density at radius 3 is 2.53 bits per heavy atom. The molecule has 0 aromatic heterocycles. The van der Waals surface area contributed by atoms with Crippen LogP contribution < -0.4 is 5.32 Å². The SMILES string of the molecule is OCCOCCNC(CO)Cc1ccccc1. The van der Waals surface area contributed by atoms with Crippen molar-refractivity contribution in [2.24, 2.45) is 0 Å². The maximum absolute atomic E-state index is 9.25. The third-order valence-electron chi connectivity index (χ3n) is 2.46. The molecule has 4 nitrogen and oxygen atoms in total. The van der Waals surface area contributed by atoms with Crippen molar-refractivity contribution in [2.45, 2.75) is 12.5 Å². The number of rotatable bonds is 9. The minimum Gasteiger partial charge on any atom is -0.395 e. The second-order valence-electron chi connectivity index (χ2n) is 3.86. The molecule has 1 unspecified atom stereocenters. The van der Waals surface area contributed by atoms with Crippen molar-refractivity contribution in [1.29, 1.82) is 0 Å². The van der Waals surface area contributed by atoms with Crippen LogP contribution in [0.15, 0.2) is 30.3 Å². The molecule has 1 aromatic carbocycles. The Morgan fingerprint density at radius 2 is 1.88 bits per heavy atom. The summed E-state index contributed by atoms with van der Waals surface area (Å²) < 4.78 is 5.13. The minimum atomic E-state index is 0.0491. The lowest BCUT2D eigenvalue weighted by molar-refractivity contribution is 0.0909. The molecule has 0 fully saturated rings. The molecule has 0 bridgehead atoms. The van der Waals surface area contributed by atoms with E-state index in [1.165, 1.54) is 5.56 Å². The van der Waals surface area contributed by atoms with Crippen molar-refractivity contribution in [3.63, 3.8) is 0 Å². The summed E-state index contributed by atoms with van der Waals surface area (Å²) in [5, 5.41) is 21.0. The first-order valence-electron chi connectivity index (χ1n) is 5.93. The van der Waals surface area contributed by atoms with Crippen LogP contribution in [0.3, 0.4) is 0 Å². The summed E-state index contributed by atoms with van der Waals surface area (Å²) in [4.78, 5) is 0. The van der Waals surface area contributed by atoms with Gasteiger partial charge in [-0.05, 0) is 12.0 Å². The molecule has 1 rings (SSSR count). The van der Waals surface area contributed by atoms with Gasteiger partial charge < -0.3 is 20.3 Å². The van der Waals surface area contributed by atoms with Crippen LogP contribution >= 0.6 is 0 Å². The molecule has 0 saturated carbocycles. The maximum atomic E-state index is 9.25. The Morgan fingerprint density at radius 1 is 1.12 bits per heavy atom. The molecular weight excluding hydrogens is 218 g/mol. The zero-order valence-corrected chi connectivity index (χ0v) is 10.0. The van der Waals surface area contributed by atoms with Crippen LogP contribution in [-0.2, 0) is 11.2 Å². The molecule has 17 heavy (non-hydrogen) atoms. The number of benzene rings is 1. The van der Waals surface area contributed by atoms with Gasteiger partial charge in [-0.3, -0.25) is 0 Å². The van der Waals surface area contributed by atoms with E-state index in [0.717, 1.165) is 6.42 Å². The van der Waals surface area contributed by atoms with Crippen molar-refractivity contribution in [3.05, 3.63) is 35.9 Å². The molecule has 0 aliphatic heterocycles. The number of aliphatic hydroxyl groups excluding tert-OH is 2. The first-order chi connectivity index (χ1) is 8.36. The summed E-state index contributed by atoms with van der Waals surface area (Å²) in [6.07, 6.45) is 0.803. The molecule has 1 aromatic rings. The highest BCUT2D eigenvalue weighted by Crippen LogP contribution is 2.02. The Balaban J connectivity index is 2.20. The predicted molar refractivity (Wildman–Crippen MR) is 66.9 cm³/mol. The van der Waals surface area contributed by atoms with Crippen LogP contribution in [0.25, 0.3) is 0 Å². The van der Waals surface area contributed by atoms with E-state index in [1.807, 2.05) is 30.3 Å². The number of aliphatic hydroxyl groups is 2. The van der Waals surface area contributed by atoms with Gasteiger partial charge in [0, 0.05) is 12.6 Å². The van der Waals surface area contributed by atoms with Crippen LogP contribution in [0.2, 0.25) is 0 Å². The van der Waals surface area contributed by atoms with Gasteiger partial charge in [0.05, 0.1) is 26.4 Å². The largest absolute Gasteiger partial charge is 0.395 e. The number of nitrogens with one attached hydrogen (secondary N) is 1. The monoisotopic (exact) mass is 239 g/mol. The molecule has 0 heterocycles. The summed E-state index contributed by atoms with van der Waals surface area (Å²) in [6, 6.07) is 10.1. The smallest absolute Gasteiger partial charge is 0.0698 e. The minimum absolute atomic E-state index is 0.0491. The predicted octanol–water partition coefficient (Wildman–Crippen LogP) is 0.189. The van der Waals surface area contributed by atoms with Gasteiger partial charge in [0.15, 0.2) is 0 Å². The second-order valence-corrected chi connectivity index (χ2v) is 3.86. The van der Waals surface area contributed by atoms with Crippen molar-refractivity contribution in [1.82, 2.24) is 5.32 Å². The average Bonchev–Trinajstić information content (AvgIpc) is 2.38. The van der Waals surface area contributed by atoms with Crippen LogP contribution in [0.1, 0.15) is 5.56 Å². The lowest BCUT2D eigenvalue weighted by atomic mass is 10.1. The lowest BCUT2D eigenvalue weighted by Gasteiger charge is -2.16. The number of ether oxygens (including phenoxy) is 1. The highest BCUT2D eigenvalue weighted by molar-refractivity contribution is 5.15. The second kappa shape index (κ2) is 9.13. The summed E-state index contributed by atoms with van der Waals surface area (Å²) in [5.41, 5.74) is 1.20. The highest BCUT2D eigenvalue weighted by atomic mass is 16.5. The quantitative estimate of drug-likeness (QED) is 0.538. The van der Waals surface area contributed by atoms with Gasteiger partial charge in [-0.1, -0.05) is 30.3 Å². The molecule has 96 valence electrons. The normalized spacial score (nSPS) is 12.6. The fourth-order valence-electron chi connectivity index (χ4n) is 1.60. The van der Waals surface area contributed by atoms with Gasteiger partial charge in [-0.25, -0.2) is 0 Å². The molecule has 0 amide bonds. The summed E-state index contributed by atoms with van der Waals surface area (Å²) in [6.45, 7) is 1.75. The van der Waals surface area contributed by atoms with Crippen molar-refractivity contribution >= 4 is 0 Å². The number of hydrogen-bond acceptors (Lipinski definition) is 4. The fraction of sp³-hybridized carbons (Fsp3) is 0.538. The van der Waals surface area contributed by atoms with Crippen molar-refractivity contribution in [3.8, 4) is 0 Å². The molecule has 0 aliphatic carbocycles. The number of hydrogen-bond donors (Lipinski definition) is 3. The molecule has 0 saturated heterocycles. The van der Waals surface area contributed by atoms with Gasteiger partial charge in [-0.15, -0.1) is 0 Å². The Hall–Kier alpha value is -0.940. The molecule has 4 heteroatoms. The highest BCUT2D eigenvalue weighted by Gasteiger charge is 2.06. The first kappa shape index (κ1) is 14.1. The Labute approximate surface area is 102 Å². The molecule has 0 aliphatic rings. The van der Waals surface area contributed by atoms with E-state index in [1.54, 1.807) is 0 Å². The molecule has 0 spiro atoms. The van der Waals surface area contributed by atoms with Crippen LogP contribution in [0.5, 0.6) is 0 Å².